The van der Waals surface area contributed by atoms with Crippen LogP contribution in [0.15, 0.2) is 48.5 Å². The number of methoxy groups -OCH3 is 2. The summed E-state index contributed by atoms with van der Waals surface area (Å²) in [5.41, 5.74) is 1.82. The topological polar surface area (TPSA) is 113 Å². The van der Waals surface area contributed by atoms with E-state index in [1.165, 1.54) is 0 Å². The van der Waals surface area contributed by atoms with Gasteiger partial charge in [-0.1, -0.05) is 24.3 Å². The van der Waals surface area contributed by atoms with Crippen molar-refractivity contribution in [1.82, 2.24) is 0 Å². The maximum atomic E-state index is 11.7. The molecule has 1 saturated heterocycles. The molecule has 35 heavy (non-hydrogen) atoms. The zero-order valence-electron chi connectivity index (χ0n) is 20.0. The van der Waals surface area contributed by atoms with E-state index >= 15 is 0 Å². The maximum absolute atomic E-state index is 11.7. The molecule has 0 spiro atoms. The van der Waals surface area contributed by atoms with E-state index in [1.807, 2.05) is 48.5 Å². The Morgan fingerprint density at radius 3 is 2.43 bits per heavy atom. The van der Waals surface area contributed by atoms with Gasteiger partial charge >= 0.3 is 0 Å². The van der Waals surface area contributed by atoms with Crippen molar-refractivity contribution in [2.75, 3.05) is 27.1 Å². The Morgan fingerprint density at radius 1 is 1.00 bits per heavy atom. The molecule has 0 amide bonds. The smallest absolute Gasteiger partial charge is 0.264 e. The second kappa shape index (κ2) is 11.2. The summed E-state index contributed by atoms with van der Waals surface area (Å²) >= 11 is 0. The van der Waals surface area contributed by atoms with E-state index in [9.17, 15) is 13.5 Å². The first kappa shape index (κ1) is 25.9. The monoisotopic (exact) mass is 508 g/mol. The Balaban J connectivity index is 1.43. The van der Waals surface area contributed by atoms with Gasteiger partial charge in [-0.05, 0) is 41.8 Å². The highest BCUT2D eigenvalue weighted by Gasteiger charge is 2.58. The minimum atomic E-state index is -3.66. The molecular formula is C25H32O9S. The molecule has 0 radical (unpaired) electrons. The molecule has 2 fully saturated rings. The lowest BCUT2D eigenvalue weighted by atomic mass is 9.82. The maximum Gasteiger partial charge on any atom is 0.264 e. The highest BCUT2D eigenvalue weighted by atomic mass is 32.2. The molecule has 1 aliphatic carbocycles. The van der Waals surface area contributed by atoms with Crippen molar-refractivity contribution in [3.63, 3.8) is 0 Å². The number of ether oxygens (including phenoxy) is 5. The van der Waals surface area contributed by atoms with Gasteiger partial charge in [0.25, 0.3) is 10.1 Å². The van der Waals surface area contributed by atoms with E-state index in [4.69, 9.17) is 27.9 Å². The van der Waals surface area contributed by atoms with Crippen LogP contribution in [-0.2, 0) is 41.7 Å². The molecule has 2 aromatic rings. The van der Waals surface area contributed by atoms with E-state index in [0.29, 0.717) is 13.0 Å². The van der Waals surface area contributed by atoms with Gasteiger partial charge in [-0.3, -0.25) is 4.18 Å². The fraction of sp³-hybridized carbons (Fsp3) is 0.520. The zero-order valence-corrected chi connectivity index (χ0v) is 20.8. The van der Waals surface area contributed by atoms with Crippen molar-refractivity contribution in [1.29, 1.82) is 0 Å². The van der Waals surface area contributed by atoms with Crippen LogP contribution >= 0.6 is 0 Å². The molecule has 9 nitrogen and oxygen atoms in total. The first-order chi connectivity index (χ1) is 16.8. The molecule has 1 saturated carbocycles. The average Bonchev–Trinajstić information content (AvgIpc) is 3.65. The standard InChI is InChI=1S/C25H32O9S/c1-29-18-9-7-16(8-10-18)13-32-22(15-33-35(3,27)28)20-12-21(23(26)25-24(20)34-25)31-14-17-5-4-6-19(11-17)30-2/h4-11,20-26H,12-15H2,1-3H3/t20-,21+,22+,23+,24-,25+/m1/s1. The first-order valence-electron chi connectivity index (χ1n) is 11.4. The second-order valence-electron chi connectivity index (χ2n) is 8.84. The Hall–Kier alpha value is -2.21. The van der Waals surface area contributed by atoms with Crippen LogP contribution in [0.3, 0.4) is 0 Å². The Labute approximate surface area is 206 Å². The lowest BCUT2D eigenvalue weighted by Gasteiger charge is -2.34. The normalized spacial score (nSPS) is 26.6. The van der Waals surface area contributed by atoms with Crippen LogP contribution in [-0.4, -0.2) is 71.1 Å². The number of epoxide rings is 1. The number of hydrogen-bond acceptors (Lipinski definition) is 9. The summed E-state index contributed by atoms with van der Waals surface area (Å²) in [4.78, 5) is 0. The fourth-order valence-corrected chi connectivity index (χ4v) is 4.80. The number of hydrogen-bond donors (Lipinski definition) is 1. The van der Waals surface area contributed by atoms with Crippen LogP contribution in [0.4, 0.5) is 0 Å². The fourth-order valence-electron chi connectivity index (χ4n) is 4.42. The SMILES string of the molecule is COc1ccc(CO[C@@H](COS(C)(=O)=O)[C@H]2C[C@H](OCc3cccc(OC)c3)[C@H](O)[C@@H]3O[C@H]23)cc1. The summed E-state index contributed by atoms with van der Waals surface area (Å²) < 4.78 is 56.9. The van der Waals surface area contributed by atoms with Gasteiger partial charge in [0.15, 0.2) is 0 Å². The molecule has 2 aromatic carbocycles. The molecule has 1 N–H and O–H groups in total. The van der Waals surface area contributed by atoms with Gasteiger partial charge in [0, 0.05) is 5.92 Å². The van der Waals surface area contributed by atoms with Crippen molar-refractivity contribution in [3.05, 3.63) is 59.7 Å². The lowest BCUT2D eigenvalue weighted by molar-refractivity contribution is -0.0979. The number of aliphatic hydroxyl groups excluding tert-OH is 1. The van der Waals surface area contributed by atoms with Crippen LogP contribution < -0.4 is 9.47 Å². The molecule has 192 valence electrons. The predicted molar refractivity (Wildman–Crippen MR) is 127 cm³/mol. The van der Waals surface area contributed by atoms with Crippen LogP contribution in [0, 0.1) is 5.92 Å². The molecule has 4 rings (SSSR count). The molecule has 0 unspecified atom stereocenters. The van der Waals surface area contributed by atoms with Gasteiger partial charge in [-0.2, -0.15) is 8.42 Å². The quantitative estimate of drug-likeness (QED) is 0.341. The third kappa shape index (κ3) is 6.93. The zero-order chi connectivity index (χ0) is 25.0. The van der Waals surface area contributed by atoms with Gasteiger partial charge < -0.3 is 28.8 Å². The van der Waals surface area contributed by atoms with Crippen molar-refractivity contribution in [3.8, 4) is 11.5 Å². The number of rotatable bonds is 12. The predicted octanol–water partition coefficient (Wildman–Crippen LogP) is 2.30. The number of aliphatic hydroxyl groups is 1. The van der Waals surface area contributed by atoms with Gasteiger partial charge in [0.05, 0.1) is 58.6 Å². The van der Waals surface area contributed by atoms with Crippen LogP contribution in [0.5, 0.6) is 11.5 Å². The summed E-state index contributed by atoms with van der Waals surface area (Å²) in [6, 6.07) is 15.0. The van der Waals surface area contributed by atoms with E-state index in [2.05, 4.69) is 0 Å². The van der Waals surface area contributed by atoms with E-state index in [1.54, 1.807) is 14.2 Å². The molecule has 1 aliphatic heterocycles. The van der Waals surface area contributed by atoms with E-state index < -0.39 is 28.4 Å². The summed E-state index contributed by atoms with van der Waals surface area (Å²) in [6.45, 7) is 0.402. The van der Waals surface area contributed by atoms with Crippen molar-refractivity contribution >= 4 is 10.1 Å². The molecule has 1 heterocycles. The third-order valence-electron chi connectivity index (χ3n) is 6.35. The Morgan fingerprint density at radius 2 is 1.74 bits per heavy atom. The highest BCUT2D eigenvalue weighted by molar-refractivity contribution is 7.85. The summed E-state index contributed by atoms with van der Waals surface area (Å²) in [7, 11) is -0.461. The number of fused-ring (bicyclic) bond motifs is 1. The van der Waals surface area contributed by atoms with Gasteiger partial charge in [-0.25, -0.2) is 0 Å². The summed E-state index contributed by atoms with van der Waals surface area (Å²) in [5, 5.41) is 10.7. The van der Waals surface area contributed by atoms with Gasteiger partial charge in [0.2, 0.25) is 0 Å². The van der Waals surface area contributed by atoms with Crippen molar-refractivity contribution < 1.29 is 41.4 Å². The van der Waals surface area contributed by atoms with Crippen LogP contribution in [0.25, 0.3) is 0 Å². The Kier molecular flexibility index (Phi) is 8.31. The van der Waals surface area contributed by atoms with E-state index in [-0.39, 0.29) is 31.3 Å². The van der Waals surface area contributed by atoms with Crippen molar-refractivity contribution in [2.24, 2.45) is 5.92 Å². The molecule has 0 aromatic heterocycles. The van der Waals surface area contributed by atoms with E-state index in [0.717, 1.165) is 28.9 Å². The largest absolute Gasteiger partial charge is 0.497 e. The highest BCUT2D eigenvalue weighted by Crippen LogP contribution is 2.44. The second-order valence-corrected chi connectivity index (χ2v) is 10.5. The lowest BCUT2D eigenvalue weighted by Crippen LogP contribution is -2.47. The molecule has 10 heteroatoms. The Bertz CT molecular complexity index is 1070. The molecule has 2 aliphatic rings. The summed E-state index contributed by atoms with van der Waals surface area (Å²) in [6.07, 6.45) is -1.03. The average molecular weight is 509 g/mol. The van der Waals surface area contributed by atoms with Crippen molar-refractivity contribution in [2.45, 2.75) is 50.2 Å². The molecule has 6 atom stereocenters. The molecular weight excluding hydrogens is 476 g/mol. The van der Waals surface area contributed by atoms with Gasteiger partial charge in [-0.15, -0.1) is 0 Å². The van der Waals surface area contributed by atoms with Gasteiger partial charge in [0.1, 0.15) is 23.7 Å². The van der Waals surface area contributed by atoms with Crippen LogP contribution in [0.2, 0.25) is 0 Å². The minimum Gasteiger partial charge on any atom is -0.497 e. The summed E-state index contributed by atoms with van der Waals surface area (Å²) in [5.74, 6) is 1.25. The first-order valence-corrected chi connectivity index (χ1v) is 13.3. The molecule has 0 bridgehead atoms. The van der Waals surface area contributed by atoms with Crippen LogP contribution in [0.1, 0.15) is 17.5 Å². The minimum absolute atomic E-state index is 0.148. The number of benzene rings is 2. The third-order valence-corrected chi connectivity index (χ3v) is 6.91.